The summed E-state index contributed by atoms with van der Waals surface area (Å²) in [5.74, 6) is -0.325. The van der Waals surface area contributed by atoms with Crippen LogP contribution in [0.4, 0.5) is 0 Å². The number of hydrogen-bond acceptors (Lipinski definition) is 4. The second kappa shape index (κ2) is 5.92. The number of nitrogens with zero attached hydrogens (tertiary/aromatic N) is 1. The highest BCUT2D eigenvalue weighted by Crippen LogP contribution is 2.50. The molecule has 0 aliphatic rings. The molecule has 0 saturated carbocycles. The molecule has 0 fully saturated rings. The highest BCUT2D eigenvalue weighted by atomic mass is 31.2. The van der Waals surface area contributed by atoms with E-state index >= 15 is 0 Å². The molecule has 0 aliphatic carbocycles. The predicted octanol–water partition coefficient (Wildman–Crippen LogP) is 3.52. The van der Waals surface area contributed by atoms with E-state index in [0.717, 1.165) is 0 Å². The molecule has 0 amide bonds. The Hall–Kier alpha value is -1.08. The topological polar surface area (TPSA) is 83.5 Å². The molecular formula is C13H20NO4P. The van der Waals surface area contributed by atoms with Crippen molar-refractivity contribution in [2.45, 2.75) is 39.2 Å². The Morgan fingerprint density at radius 3 is 2.63 bits per heavy atom. The van der Waals surface area contributed by atoms with E-state index in [0.29, 0.717) is 5.76 Å². The van der Waals surface area contributed by atoms with Crippen molar-refractivity contribution in [3.05, 3.63) is 24.2 Å². The summed E-state index contributed by atoms with van der Waals surface area (Å²) in [4.78, 5) is 9.94. The largest absolute Gasteiger partial charge is 0.468 e. The maximum atomic E-state index is 12.1. The number of hydrogen-bond donors (Lipinski definition) is 1. The van der Waals surface area contributed by atoms with Crippen molar-refractivity contribution in [2.24, 2.45) is 5.92 Å². The Kier molecular flexibility index (Phi) is 4.98. The van der Waals surface area contributed by atoms with Crippen LogP contribution >= 0.6 is 7.60 Å². The van der Waals surface area contributed by atoms with Crippen LogP contribution in [0.1, 0.15) is 39.4 Å². The Labute approximate surface area is 113 Å². The number of rotatable bonds is 6. The molecule has 0 bridgehead atoms. The fourth-order valence-electron chi connectivity index (χ4n) is 1.42. The smallest absolute Gasteiger partial charge is 0.330 e. The summed E-state index contributed by atoms with van der Waals surface area (Å²) in [7, 11) is -3.86. The van der Waals surface area contributed by atoms with Crippen molar-refractivity contribution >= 4 is 7.60 Å². The lowest BCUT2D eigenvalue weighted by Gasteiger charge is -2.31. The standard InChI is InChI=1S/C13H20NO4P/c1-10(2)13(3,4)18-19(15,16)9-11(8-14)12-6-5-7-17-12/h5-7,10-11H,9H2,1-4H3,(H,15,16). The molecule has 1 rings (SSSR count). The van der Waals surface area contributed by atoms with E-state index in [1.165, 1.54) is 6.26 Å². The molecule has 19 heavy (non-hydrogen) atoms. The van der Waals surface area contributed by atoms with Gasteiger partial charge in [-0.05, 0) is 31.9 Å². The van der Waals surface area contributed by atoms with Crippen LogP contribution in [0.25, 0.3) is 0 Å². The van der Waals surface area contributed by atoms with Gasteiger partial charge in [-0.2, -0.15) is 5.26 Å². The molecule has 1 aromatic heterocycles. The molecule has 2 atom stereocenters. The van der Waals surface area contributed by atoms with Crippen molar-refractivity contribution in [1.29, 1.82) is 5.26 Å². The highest BCUT2D eigenvalue weighted by molar-refractivity contribution is 7.52. The van der Waals surface area contributed by atoms with Crippen LogP contribution in [-0.2, 0) is 9.09 Å². The normalized spacial score (nSPS) is 16.9. The summed E-state index contributed by atoms with van der Waals surface area (Å²) >= 11 is 0. The van der Waals surface area contributed by atoms with Crippen molar-refractivity contribution in [3.8, 4) is 6.07 Å². The van der Waals surface area contributed by atoms with E-state index in [2.05, 4.69) is 0 Å². The fraction of sp³-hybridized carbons (Fsp3) is 0.615. The molecule has 0 radical (unpaired) electrons. The first-order valence-electron chi connectivity index (χ1n) is 6.13. The van der Waals surface area contributed by atoms with E-state index in [4.69, 9.17) is 14.2 Å². The van der Waals surface area contributed by atoms with E-state index in [1.54, 1.807) is 26.0 Å². The third kappa shape index (κ3) is 4.50. The second-order valence-corrected chi connectivity index (χ2v) is 7.19. The third-order valence-electron chi connectivity index (χ3n) is 3.22. The molecule has 0 saturated heterocycles. The summed E-state index contributed by atoms with van der Waals surface area (Å²) in [5, 5.41) is 9.07. The molecule has 106 valence electrons. The van der Waals surface area contributed by atoms with Gasteiger partial charge in [0.1, 0.15) is 11.7 Å². The van der Waals surface area contributed by atoms with Crippen molar-refractivity contribution < 1.29 is 18.4 Å². The zero-order valence-electron chi connectivity index (χ0n) is 11.7. The fourth-order valence-corrected chi connectivity index (χ4v) is 3.17. The summed E-state index contributed by atoms with van der Waals surface area (Å²) in [6.07, 6.45) is 1.16. The van der Waals surface area contributed by atoms with Gasteiger partial charge < -0.3 is 13.8 Å². The molecule has 1 N–H and O–H groups in total. The highest BCUT2D eigenvalue weighted by Gasteiger charge is 2.36. The average Bonchev–Trinajstić information content (AvgIpc) is 2.77. The van der Waals surface area contributed by atoms with Crippen LogP contribution in [0.5, 0.6) is 0 Å². The molecular weight excluding hydrogens is 265 g/mol. The van der Waals surface area contributed by atoms with E-state index < -0.39 is 19.1 Å². The van der Waals surface area contributed by atoms with Gasteiger partial charge in [0.05, 0.1) is 24.1 Å². The molecule has 1 heterocycles. The SMILES string of the molecule is CC(C)C(C)(C)OP(=O)(O)CC(C#N)c1ccco1. The molecule has 0 aliphatic heterocycles. The van der Waals surface area contributed by atoms with Gasteiger partial charge in [0.15, 0.2) is 0 Å². The zero-order chi connectivity index (χ0) is 14.7. The Morgan fingerprint density at radius 2 is 2.21 bits per heavy atom. The van der Waals surface area contributed by atoms with Gasteiger partial charge in [-0.3, -0.25) is 4.57 Å². The van der Waals surface area contributed by atoms with E-state index in [-0.39, 0.29) is 12.1 Å². The minimum atomic E-state index is -3.86. The summed E-state index contributed by atoms with van der Waals surface area (Å²) in [6, 6.07) is 5.22. The lowest BCUT2D eigenvalue weighted by molar-refractivity contribution is 0.0474. The average molecular weight is 285 g/mol. The first-order valence-corrected chi connectivity index (χ1v) is 7.90. The Morgan fingerprint density at radius 1 is 1.58 bits per heavy atom. The summed E-state index contributed by atoms with van der Waals surface area (Å²) in [5.41, 5.74) is -0.729. The quantitative estimate of drug-likeness (QED) is 0.808. The number of furan rings is 1. The maximum absolute atomic E-state index is 12.1. The predicted molar refractivity (Wildman–Crippen MR) is 71.8 cm³/mol. The van der Waals surface area contributed by atoms with E-state index in [9.17, 15) is 9.46 Å². The third-order valence-corrected chi connectivity index (χ3v) is 4.81. The first-order chi connectivity index (χ1) is 8.68. The van der Waals surface area contributed by atoms with Gasteiger partial charge in [0.25, 0.3) is 0 Å². The van der Waals surface area contributed by atoms with Crippen molar-refractivity contribution in [1.82, 2.24) is 0 Å². The van der Waals surface area contributed by atoms with E-state index in [1.807, 2.05) is 19.9 Å². The van der Waals surface area contributed by atoms with Gasteiger partial charge in [0.2, 0.25) is 0 Å². The number of nitriles is 1. The van der Waals surface area contributed by atoms with Gasteiger partial charge in [-0.15, -0.1) is 0 Å². The Bertz CT molecular complexity index is 487. The lowest BCUT2D eigenvalue weighted by Crippen LogP contribution is -2.30. The molecule has 6 heteroatoms. The van der Waals surface area contributed by atoms with Crippen LogP contribution in [-0.4, -0.2) is 16.7 Å². The van der Waals surface area contributed by atoms with Crippen molar-refractivity contribution in [2.75, 3.05) is 6.16 Å². The minimum absolute atomic E-state index is 0.0807. The van der Waals surface area contributed by atoms with Gasteiger partial charge in [-0.25, -0.2) is 0 Å². The molecule has 1 aromatic rings. The molecule has 5 nitrogen and oxygen atoms in total. The van der Waals surface area contributed by atoms with Crippen LogP contribution in [0.15, 0.2) is 22.8 Å². The zero-order valence-corrected chi connectivity index (χ0v) is 12.6. The monoisotopic (exact) mass is 285 g/mol. The molecule has 0 spiro atoms. The maximum Gasteiger partial charge on any atom is 0.330 e. The summed E-state index contributed by atoms with van der Waals surface area (Å²) in [6.45, 7) is 7.34. The van der Waals surface area contributed by atoms with Crippen LogP contribution in [0.2, 0.25) is 0 Å². The summed E-state index contributed by atoms with van der Waals surface area (Å²) < 4.78 is 22.6. The minimum Gasteiger partial charge on any atom is -0.468 e. The van der Waals surface area contributed by atoms with Crippen LogP contribution < -0.4 is 0 Å². The van der Waals surface area contributed by atoms with Crippen LogP contribution in [0.3, 0.4) is 0 Å². The van der Waals surface area contributed by atoms with Gasteiger partial charge in [-0.1, -0.05) is 13.8 Å². The lowest BCUT2D eigenvalue weighted by atomic mass is 9.95. The second-order valence-electron chi connectivity index (χ2n) is 5.37. The molecule has 2 unspecified atom stereocenters. The Balaban J connectivity index is 2.80. The van der Waals surface area contributed by atoms with Crippen LogP contribution in [0, 0.1) is 17.2 Å². The van der Waals surface area contributed by atoms with Crippen molar-refractivity contribution in [3.63, 3.8) is 0 Å². The first kappa shape index (κ1) is 16.0. The van der Waals surface area contributed by atoms with Gasteiger partial charge >= 0.3 is 7.60 Å². The van der Waals surface area contributed by atoms with Gasteiger partial charge in [0, 0.05) is 0 Å². The molecule has 0 aromatic carbocycles.